The van der Waals surface area contributed by atoms with E-state index in [1.54, 1.807) is 16.7 Å². The van der Waals surface area contributed by atoms with Gasteiger partial charge in [0.1, 0.15) is 0 Å². The second-order valence-corrected chi connectivity index (χ2v) is 17.2. The Morgan fingerprint density at radius 2 is 1.78 bits per heavy atom. The molecule has 5 aliphatic carbocycles. The number of nitrogens with zero attached hydrogens (tertiary/aromatic N) is 2. The Morgan fingerprint density at radius 1 is 0.824 bits per heavy atom. The molecule has 0 radical (unpaired) electrons. The summed E-state index contributed by atoms with van der Waals surface area (Å²) in [6.45, 7) is 0. The van der Waals surface area contributed by atoms with E-state index in [1.807, 2.05) is 18.0 Å². The molecule has 3 aromatic rings. The highest BCUT2D eigenvalue weighted by Crippen LogP contribution is 2.65. The van der Waals surface area contributed by atoms with Crippen LogP contribution in [0.25, 0.3) is 11.1 Å². The first-order chi connectivity index (χ1) is 25.3. The molecule has 0 saturated heterocycles. The van der Waals surface area contributed by atoms with Gasteiger partial charge in [0, 0.05) is 31.6 Å². The van der Waals surface area contributed by atoms with Crippen LogP contribution in [0.1, 0.15) is 60.9 Å². The maximum absolute atomic E-state index is 4.72. The molecule has 4 heteroatoms. The molecule has 4 heterocycles. The van der Waals surface area contributed by atoms with E-state index in [-0.39, 0.29) is 5.41 Å². The van der Waals surface area contributed by atoms with Crippen LogP contribution in [0.2, 0.25) is 0 Å². The summed E-state index contributed by atoms with van der Waals surface area (Å²) in [5.41, 5.74) is 14.0. The van der Waals surface area contributed by atoms with Crippen molar-refractivity contribution in [3.63, 3.8) is 0 Å². The fourth-order valence-corrected chi connectivity index (χ4v) is 12.8. The Hall–Kier alpha value is -4.38. The number of benzene rings is 2. The number of rotatable bonds is 3. The predicted molar refractivity (Wildman–Crippen MR) is 213 cm³/mol. The molecule has 2 aromatic carbocycles. The lowest BCUT2D eigenvalue weighted by molar-refractivity contribution is 0.257. The molecule has 11 rings (SSSR count). The standard InChI is InChI=1S/C47H39N2S2/c1-2-11-33(12-3-1)49-41-17-7-4-13-34(41)35-23-20-31(28-42(35)49)30-22-25-45-39(27-30)47(36-14-5-8-18-43(36)50-45)37-15-6-9-19-44(37)51-46-29-32(21-24-38(46)47)40-16-10-26-48-40/h1-3,5-11,14-17,19-20,22-23,25-29,33,35,42-43H,4,12-13,18,21,24H2/q-1. The van der Waals surface area contributed by atoms with Gasteiger partial charge in [0.2, 0.25) is 0 Å². The number of aromatic nitrogens is 1. The van der Waals surface area contributed by atoms with Crippen LogP contribution in [0.5, 0.6) is 0 Å². The third kappa shape index (κ3) is 4.52. The van der Waals surface area contributed by atoms with Gasteiger partial charge in [-0.1, -0.05) is 121 Å². The summed E-state index contributed by atoms with van der Waals surface area (Å²) in [5.74, 6) is 0.447. The van der Waals surface area contributed by atoms with Crippen LogP contribution in [0.4, 0.5) is 0 Å². The van der Waals surface area contributed by atoms with Crippen molar-refractivity contribution in [2.75, 3.05) is 0 Å². The van der Waals surface area contributed by atoms with Crippen molar-refractivity contribution in [3.05, 3.63) is 189 Å². The van der Waals surface area contributed by atoms with Crippen molar-refractivity contribution < 1.29 is 0 Å². The molecule has 2 nitrogen and oxygen atoms in total. The van der Waals surface area contributed by atoms with E-state index in [2.05, 4.69) is 150 Å². The summed E-state index contributed by atoms with van der Waals surface area (Å²) in [7, 11) is 0. The van der Waals surface area contributed by atoms with Crippen molar-refractivity contribution in [2.24, 2.45) is 5.92 Å². The molecule has 5 atom stereocenters. The fourth-order valence-electron chi connectivity index (χ4n) is 10.2. The van der Waals surface area contributed by atoms with Gasteiger partial charge >= 0.3 is 0 Å². The number of fused-ring (bicyclic) bond motifs is 9. The van der Waals surface area contributed by atoms with Gasteiger partial charge in [-0.05, 0) is 108 Å². The maximum Gasteiger partial charge on any atom is 0.0671 e. The zero-order valence-corrected chi connectivity index (χ0v) is 30.2. The van der Waals surface area contributed by atoms with Gasteiger partial charge in [-0.15, -0.1) is 17.5 Å². The average Bonchev–Trinajstić information content (AvgIpc) is 3.85. The lowest BCUT2D eigenvalue weighted by atomic mass is 9.60. The van der Waals surface area contributed by atoms with E-state index in [0.717, 1.165) is 37.8 Å². The van der Waals surface area contributed by atoms with E-state index in [0.29, 0.717) is 23.3 Å². The smallest absolute Gasteiger partial charge is 0.0671 e. The van der Waals surface area contributed by atoms with Gasteiger partial charge in [-0.3, -0.25) is 0 Å². The molecule has 250 valence electrons. The highest BCUT2D eigenvalue weighted by molar-refractivity contribution is 8.03. The highest BCUT2D eigenvalue weighted by atomic mass is 32.2. The molecular formula is C47H39N2S2-. The zero-order valence-electron chi connectivity index (χ0n) is 28.5. The van der Waals surface area contributed by atoms with Crippen LogP contribution in [0.15, 0.2) is 177 Å². The van der Waals surface area contributed by atoms with E-state index >= 15 is 0 Å². The Balaban J connectivity index is 1.09. The van der Waals surface area contributed by atoms with Crippen molar-refractivity contribution >= 4 is 34.7 Å². The van der Waals surface area contributed by atoms with E-state index in [1.165, 1.54) is 54.7 Å². The number of thioether (sulfide) groups is 2. The lowest BCUT2D eigenvalue weighted by Crippen LogP contribution is -2.43. The van der Waals surface area contributed by atoms with Crippen LogP contribution >= 0.6 is 23.5 Å². The van der Waals surface area contributed by atoms with E-state index < -0.39 is 0 Å². The summed E-state index contributed by atoms with van der Waals surface area (Å²) >= 11 is 4.04. The maximum atomic E-state index is 4.72. The number of hydrogen-bond donors (Lipinski definition) is 0. The SMILES string of the molecule is C1=CCC2Sc3ccc(C4=CC5C(C=C4)C4=C(C=CCC4)N5C4C=CC=CC4)cc3C3(C2=C1)C1=C(C=C(c2ccc[n-]2)CC1)Sc1ccccc13. The summed E-state index contributed by atoms with van der Waals surface area (Å²) < 4.78 is 0. The quantitative estimate of drug-likeness (QED) is 0.271. The van der Waals surface area contributed by atoms with E-state index in [4.69, 9.17) is 4.98 Å². The molecule has 0 N–H and O–H groups in total. The first kappa shape index (κ1) is 30.3. The fraction of sp³-hybridized carbons (Fsp3) is 0.234. The lowest BCUT2D eigenvalue weighted by Gasteiger charge is -2.51. The molecule has 0 saturated carbocycles. The van der Waals surface area contributed by atoms with Crippen molar-refractivity contribution in [1.82, 2.24) is 9.88 Å². The summed E-state index contributed by atoms with van der Waals surface area (Å²) in [5, 5.41) is 0.421. The van der Waals surface area contributed by atoms with Crippen LogP contribution in [-0.2, 0) is 5.41 Å². The van der Waals surface area contributed by atoms with Gasteiger partial charge in [0.15, 0.2) is 0 Å². The summed E-state index contributed by atoms with van der Waals surface area (Å²) in [4.78, 5) is 11.7. The topological polar surface area (TPSA) is 17.3 Å². The Kier molecular flexibility index (Phi) is 7.02. The van der Waals surface area contributed by atoms with Crippen molar-refractivity contribution in [1.29, 1.82) is 0 Å². The summed E-state index contributed by atoms with van der Waals surface area (Å²) in [6, 6.07) is 21.7. The Labute approximate surface area is 309 Å². The van der Waals surface area contributed by atoms with Crippen LogP contribution in [0, 0.1) is 5.92 Å². The van der Waals surface area contributed by atoms with Gasteiger partial charge in [0.25, 0.3) is 0 Å². The zero-order chi connectivity index (χ0) is 33.5. The van der Waals surface area contributed by atoms with Crippen LogP contribution < -0.4 is 4.98 Å². The molecular weight excluding hydrogens is 657 g/mol. The minimum absolute atomic E-state index is 0.295. The molecule has 0 fully saturated rings. The molecule has 51 heavy (non-hydrogen) atoms. The number of allylic oxidation sites excluding steroid dienone is 12. The highest BCUT2D eigenvalue weighted by Gasteiger charge is 2.53. The second kappa shape index (κ2) is 11.8. The monoisotopic (exact) mass is 695 g/mol. The van der Waals surface area contributed by atoms with Gasteiger partial charge in [0.05, 0.1) is 17.5 Å². The third-order valence-electron chi connectivity index (χ3n) is 12.3. The molecule has 0 bridgehead atoms. The van der Waals surface area contributed by atoms with Crippen LogP contribution in [0.3, 0.4) is 0 Å². The Morgan fingerprint density at radius 3 is 2.71 bits per heavy atom. The first-order valence-electron chi connectivity index (χ1n) is 18.7. The Bertz CT molecular complexity index is 2300. The largest absolute Gasteiger partial charge is 0.664 e. The molecule has 1 aromatic heterocycles. The third-order valence-corrected chi connectivity index (χ3v) is 14.8. The summed E-state index contributed by atoms with van der Waals surface area (Å²) in [6.07, 6.45) is 39.6. The van der Waals surface area contributed by atoms with Gasteiger partial charge in [-0.25, -0.2) is 0 Å². The normalized spacial score (nSPS) is 29.6. The molecule has 1 spiro atoms. The second-order valence-electron chi connectivity index (χ2n) is 14.9. The minimum atomic E-state index is -0.295. The van der Waals surface area contributed by atoms with Gasteiger partial charge in [-0.2, -0.15) is 6.20 Å². The first-order valence-corrected chi connectivity index (χ1v) is 20.4. The minimum Gasteiger partial charge on any atom is -0.664 e. The predicted octanol–water partition coefficient (Wildman–Crippen LogP) is 11.3. The van der Waals surface area contributed by atoms with Crippen LogP contribution in [-0.4, -0.2) is 22.2 Å². The number of hydrogen-bond acceptors (Lipinski definition) is 3. The molecule has 5 unspecified atom stereocenters. The van der Waals surface area contributed by atoms with Crippen molar-refractivity contribution in [3.8, 4) is 0 Å². The molecule has 0 amide bonds. The molecule has 3 aliphatic heterocycles. The molecule has 8 aliphatic rings. The van der Waals surface area contributed by atoms with E-state index in [9.17, 15) is 0 Å². The van der Waals surface area contributed by atoms with Crippen molar-refractivity contribution in [2.45, 2.75) is 71.1 Å². The van der Waals surface area contributed by atoms with Gasteiger partial charge < -0.3 is 9.88 Å². The average molecular weight is 696 g/mol.